The van der Waals surface area contributed by atoms with Crippen molar-refractivity contribution in [2.24, 2.45) is 0 Å². The van der Waals surface area contributed by atoms with Crippen LogP contribution in [0.5, 0.6) is 5.75 Å². The first-order valence-corrected chi connectivity index (χ1v) is 5.47. The van der Waals surface area contributed by atoms with Crippen molar-refractivity contribution in [3.63, 3.8) is 0 Å². The molecule has 1 aromatic carbocycles. The number of benzene rings is 1. The van der Waals surface area contributed by atoms with E-state index in [0.717, 1.165) is 28.2 Å². The molecule has 0 aliphatic heterocycles. The van der Waals surface area contributed by atoms with E-state index in [1.807, 2.05) is 25.1 Å². The van der Waals surface area contributed by atoms with Gasteiger partial charge in [0.05, 0.1) is 12.6 Å². The van der Waals surface area contributed by atoms with Crippen LogP contribution in [0.3, 0.4) is 0 Å². The van der Waals surface area contributed by atoms with Crippen molar-refractivity contribution in [3.8, 4) is 5.75 Å². The number of ether oxygens (including phenoxy) is 1. The number of aryl methyl sites for hydroxylation is 1. The predicted octanol–water partition coefficient (Wildman–Crippen LogP) is 2.65. The lowest BCUT2D eigenvalue weighted by atomic mass is 10.1. The number of methoxy groups -OCH3 is 1. The Morgan fingerprint density at radius 1 is 1.33 bits per heavy atom. The predicted molar refractivity (Wildman–Crippen MR) is 69.7 cm³/mol. The molecule has 0 amide bonds. The van der Waals surface area contributed by atoms with Gasteiger partial charge in [-0.1, -0.05) is 6.07 Å². The second-order valence-corrected chi connectivity index (χ2v) is 3.87. The fourth-order valence-corrected chi connectivity index (χ4v) is 1.81. The fraction of sp³-hybridized carbons (Fsp3) is 0.143. The molecule has 92 valence electrons. The van der Waals surface area contributed by atoms with Crippen LogP contribution in [0, 0.1) is 6.92 Å². The second kappa shape index (κ2) is 4.87. The van der Waals surface area contributed by atoms with Crippen LogP contribution in [0.25, 0.3) is 17.0 Å². The van der Waals surface area contributed by atoms with E-state index in [-0.39, 0.29) is 0 Å². The minimum Gasteiger partial charge on any atom is -0.496 e. The Hall–Kier alpha value is -2.36. The van der Waals surface area contributed by atoms with Crippen LogP contribution in [0.2, 0.25) is 0 Å². The van der Waals surface area contributed by atoms with Crippen LogP contribution < -0.4 is 4.74 Å². The summed E-state index contributed by atoms with van der Waals surface area (Å²) in [5, 5.41) is 9.58. The van der Waals surface area contributed by atoms with E-state index in [1.54, 1.807) is 13.2 Å². The average Bonchev–Trinajstić information content (AvgIpc) is 2.35. The van der Waals surface area contributed by atoms with Crippen LogP contribution in [0.1, 0.15) is 11.3 Å². The number of hydrogen-bond acceptors (Lipinski definition) is 3. The van der Waals surface area contributed by atoms with Gasteiger partial charge in [-0.25, -0.2) is 4.79 Å². The summed E-state index contributed by atoms with van der Waals surface area (Å²) in [5.41, 5.74) is 2.46. The van der Waals surface area contributed by atoms with Crippen LogP contribution in [-0.4, -0.2) is 23.2 Å². The molecule has 0 saturated heterocycles. The number of rotatable bonds is 3. The lowest BCUT2D eigenvalue weighted by Gasteiger charge is -2.08. The normalized spacial score (nSPS) is 11.0. The van der Waals surface area contributed by atoms with Gasteiger partial charge in [-0.3, -0.25) is 4.98 Å². The number of pyridine rings is 1. The maximum atomic E-state index is 10.6. The average molecular weight is 243 g/mol. The van der Waals surface area contributed by atoms with E-state index >= 15 is 0 Å². The minimum atomic E-state index is -0.992. The summed E-state index contributed by atoms with van der Waals surface area (Å²) in [4.78, 5) is 15.0. The molecule has 0 spiro atoms. The highest BCUT2D eigenvalue weighted by atomic mass is 16.5. The molecule has 0 atom stereocenters. The Morgan fingerprint density at radius 3 is 2.78 bits per heavy atom. The van der Waals surface area contributed by atoms with Gasteiger partial charge in [0.25, 0.3) is 0 Å². The summed E-state index contributed by atoms with van der Waals surface area (Å²) >= 11 is 0. The minimum absolute atomic E-state index is 0.630. The van der Waals surface area contributed by atoms with Crippen LogP contribution in [-0.2, 0) is 4.79 Å². The SMILES string of the molecule is COc1ccc2nc(C)ccc2c1C=CC(=O)O. The van der Waals surface area contributed by atoms with Crippen LogP contribution >= 0.6 is 0 Å². The van der Waals surface area contributed by atoms with E-state index in [2.05, 4.69) is 4.98 Å². The standard InChI is InChI=1S/C14H13NO3/c1-9-3-4-10-11(5-8-14(16)17)13(18-2)7-6-12(10)15-9/h3-8H,1-2H3,(H,16,17). The first kappa shape index (κ1) is 12.1. The molecule has 4 heteroatoms. The number of fused-ring (bicyclic) bond motifs is 1. The van der Waals surface area contributed by atoms with E-state index in [4.69, 9.17) is 9.84 Å². The lowest BCUT2D eigenvalue weighted by molar-refractivity contribution is -0.131. The zero-order valence-corrected chi connectivity index (χ0v) is 10.2. The zero-order valence-electron chi connectivity index (χ0n) is 10.2. The summed E-state index contributed by atoms with van der Waals surface area (Å²) < 4.78 is 5.24. The molecule has 0 fully saturated rings. The summed E-state index contributed by atoms with van der Waals surface area (Å²) in [6, 6.07) is 7.46. The van der Waals surface area contributed by atoms with Crippen LogP contribution in [0.4, 0.5) is 0 Å². The van der Waals surface area contributed by atoms with Gasteiger partial charge in [0.1, 0.15) is 5.75 Å². The number of carbonyl (C=O) groups is 1. The first-order valence-electron chi connectivity index (χ1n) is 5.47. The first-order chi connectivity index (χ1) is 8.61. The van der Waals surface area contributed by atoms with E-state index in [1.165, 1.54) is 6.08 Å². The number of hydrogen-bond donors (Lipinski definition) is 1. The molecule has 0 bridgehead atoms. The highest BCUT2D eigenvalue weighted by Crippen LogP contribution is 2.28. The van der Waals surface area contributed by atoms with Crippen molar-refractivity contribution >= 4 is 22.9 Å². The largest absolute Gasteiger partial charge is 0.496 e. The number of nitrogens with zero attached hydrogens (tertiary/aromatic N) is 1. The summed E-state index contributed by atoms with van der Waals surface area (Å²) in [6.07, 6.45) is 2.62. The molecule has 2 aromatic rings. The molecule has 4 nitrogen and oxygen atoms in total. The molecule has 0 radical (unpaired) electrons. The highest BCUT2D eigenvalue weighted by molar-refractivity contribution is 5.95. The quantitative estimate of drug-likeness (QED) is 0.842. The summed E-state index contributed by atoms with van der Waals surface area (Å²) in [6.45, 7) is 1.91. The second-order valence-electron chi connectivity index (χ2n) is 3.87. The molecule has 0 aliphatic carbocycles. The van der Waals surface area contributed by atoms with E-state index in [0.29, 0.717) is 5.75 Å². The van der Waals surface area contributed by atoms with Crippen molar-refractivity contribution in [1.29, 1.82) is 0 Å². The molecule has 0 aliphatic rings. The van der Waals surface area contributed by atoms with Gasteiger partial charge in [-0.15, -0.1) is 0 Å². The Labute approximate surface area is 105 Å². The summed E-state index contributed by atoms with van der Waals surface area (Å²) in [7, 11) is 1.56. The smallest absolute Gasteiger partial charge is 0.328 e. The van der Waals surface area contributed by atoms with Gasteiger partial charge in [0.2, 0.25) is 0 Å². The molecule has 0 unspecified atom stereocenters. The molecule has 1 aromatic heterocycles. The third kappa shape index (κ3) is 2.32. The molecule has 18 heavy (non-hydrogen) atoms. The van der Waals surface area contributed by atoms with E-state index < -0.39 is 5.97 Å². The molecule has 0 saturated carbocycles. The Kier molecular flexibility index (Phi) is 3.28. The van der Waals surface area contributed by atoms with Gasteiger partial charge >= 0.3 is 5.97 Å². The van der Waals surface area contributed by atoms with Crippen molar-refractivity contribution in [3.05, 3.63) is 41.6 Å². The Morgan fingerprint density at radius 2 is 2.11 bits per heavy atom. The van der Waals surface area contributed by atoms with Gasteiger partial charge in [-0.05, 0) is 31.2 Å². The van der Waals surface area contributed by atoms with Crippen LogP contribution in [0.15, 0.2) is 30.3 Å². The maximum Gasteiger partial charge on any atom is 0.328 e. The monoisotopic (exact) mass is 243 g/mol. The lowest BCUT2D eigenvalue weighted by Crippen LogP contribution is -1.92. The molecular weight excluding hydrogens is 230 g/mol. The molecule has 1 N–H and O–H groups in total. The number of aromatic nitrogens is 1. The number of carboxylic acids is 1. The van der Waals surface area contributed by atoms with Crippen molar-refractivity contribution in [1.82, 2.24) is 4.98 Å². The van der Waals surface area contributed by atoms with Gasteiger partial charge in [0.15, 0.2) is 0 Å². The van der Waals surface area contributed by atoms with Crippen molar-refractivity contribution < 1.29 is 14.6 Å². The molecule has 2 rings (SSSR count). The zero-order chi connectivity index (χ0) is 13.1. The third-order valence-electron chi connectivity index (χ3n) is 2.62. The Balaban J connectivity index is 2.69. The van der Waals surface area contributed by atoms with Gasteiger partial charge < -0.3 is 9.84 Å². The fourth-order valence-electron chi connectivity index (χ4n) is 1.81. The van der Waals surface area contributed by atoms with Gasteiger partial charge in [-0.2, -0.15) is 0 Å². The Bertz CT molecular complexity index is 632. The number of carboxylic acid groups (broad SMARTS) is 1. The number of aliphatic carboxylic acids is 1. The molecular formula is C14H13NO3. The summed E-state index contributed by atoms with van der Waals surface area (Å²) in [5.74, 6) is -0.361. The van der Waals surface area contributed by atoms with Gasteiger partial charge in [0, 0.05) is 22.7 Å². The highest BCUT2D eigenvalue weighted by Gasteiger charge is 2.07. The van der Waals surface area contributed by atoms with Crippen molar-refractivity contribution in [2.45, 2.75) is 6.92 Å². The maximum absolute atomic E-state index is 10.6. The van der Waals surface area contributed by atoms with Crippen molar-refractivity contribution in [2.75, 3.05) is 7.11 Å². The van der Waals surface area contributed by atoms with E-state index in [9.17, 15) is 4.79 Å². The molecule has 1 heterocycles. The topological polar surface area (TPSA) is 59.4 Å². The third-order valence-corrected chi connectivity index (χ3v) is 2.62.